The van der Waals surface area contributed by atoms with E-state index in [0.29, 0.717) is 17.9 Å². The minimum atomic E-state index is -0.414. The van der Waals surface area contributed by atoms with Crippen LogP contribution in [0.3, 0.4) is 0 Å². The maximum absolute atomic E-state index is 9.57. The predicted octanol–water partition coefficient (Wildman–Crippen LogP) is 2.82. The molecular weight excluding hydrogens is 392 g/mol. The van der Waals surface area contributed by atoms with Crippen molar-refractivity contribution in [2.45, 2.75) is 19.4 Å². The van der Waals surface area contributed by atoms with Gasteiger partial charge in [0.15, 0.2) is 0 Å². The van der Waals surface area contributed by atoms with Gasteiger partial charge in [-0.2, -0.15) is 10.4 Å². The second-order valence-electron chi connectivity index (χ2n) is 8.50. The standard InChI is InChI=1S/C23H28N6O2/c1-23(2,30-4)16-31-19-11-20(22-18(12-24)14-26-29(22)15-19)17-5-6-21(25-13-17)28-9-7-27(3)8-10-28/h5-6,11,13-15H,7-10,16H2,1-4H3. The molecule has 0 atom stereocenters. The second-order valence-corrected chi connectivity index (χ2v) is 8.50. The van der Waals surface area contributed by atoms with E-state index in [-0.39, 0.29) is 0 Å². The fourth-order valence-corrected chi connectivity index (χ4v) is 3.56. The number of nitrogens with zero attached hydrogens (tertiary/aromatic N) is 6. The number of methoxy groups -OCH3 is 1. The lowest BCUT2D eigenvalue weighted by molar-refractivity contribution is -0.0147. The Morgan fingerprint density at radius 1 is 1.16 bits per heavy atom. The van der Waals surface area contributed by atoms with E-state index >= 15 is 0 Å². The molecule has 8 nitrogen and oxygen atoms in total. The van der Waals surface area contributed by atoms with Crippen molar-refractivity contribution >= 4 is 11.3 Å². The Morgan fingerprint density at radius 3 is 2.58 bits per heavy atom. The zero-order valence-electron chi connectivity index (χ0n) is 18.5. The lowest BCUT2D eigenvalue weighted by Crippen LogP contribution is -2.44. The molecule has 0 unspecified atom stereocenters. The third kappa shape index (κ3) is 4.48. The van der Waals surface area contributed by atoms with Gasteiger partial charge in [0.25, 0.3) is 0 Å². The van der Waals surface area contributed by atoms with Crippen LogP contribution in [-0.4, -0.2) is 72.0 Å². The number of likely N-dealkylation sites (N-methyl/N-ethyl adjacent to an activating group) is 1. The second kappa shape index (κ2) is 8.53. The van der Waals surface area contributed by atoms with Gasteiger partial charge >= 0.3 is 0 Å². The molecule has 0 aliphatic carbocycles. The van der Waals surface area contributed by atoms with Gasteiger partial charge in [0.2, 0.25) is 0 Å². The molecule has 1 aliphatic heterocycles. The quantitative estimate of drug-likeness (QED) is 0.607. The highest BCUT2D eigenvalue weighted by Crippen LogP contribution is 2.31. The molecule has 8 heteroatoms. The van der Waals surface area contributed by atoms with Crippen LogP contribution in [0.4, 0.5) is 5.82 Å². The van der Waals surface area contributed by atoms with Crippen molar-refractivity contribution in [2.24, 2.45) is 0 Å². The Bertz CT molecular complexity index is 1090. The van der Waals surface area contributed by atoms with Crippen molar-refractivity contribution in [3.05, 3.63) is 42.4 Å². The molecule has 1 aliphatic rings. The van der Waals surface area contributed by atoms with Crippen molar-refractivity contribution in [1.29, 1.82) is 5.26 Å². The predicted molar refractivity (Wildman–Crippen MR) is 119 cm³/mol. The lowest BCUT2D eigenvalue weighted by Gasteiger charge is -2.33. The van der Waals surface area contributed by atoms with Gasteiger partial charge in [-0.15, -0.1) is 0 Å². The summed E-state index contributed by atoms with van der Waals surface area (Å²) in [5.74, 6) is 1.62. The molecule has 0 spiro atoms. The molecule has 0 amide bonds. The fourth-order valence-electron chi connectivity index (χ4n) is 3.56. The average Bonchev–Trinajstić information content (AvgIpc) is 3.21. The summed E-state index contributed by atoms with van der Waals surface area (Å²) in [6, 6.07) is 8.27. The van der Waals surface area contributed by atoms with Gasteiger partial charge in [0.1, 0.15) is 24.2 Å². The number of hydrogen-bond donors (Lipinski definition) is 0. The van der Waals surface area contributed by atoms with Crippen LogP contribution in [0.1, 0.15) is 19.4 Å². The number of ether oxygens (including phenoxy) is 2. The van der Waals surface area contributed by atoms with Crippen LogP contribution in [-0.2, 0) is 4.74 Å². The van der Waals surface area contributed by atoms with E-state index in [1.54, 1.807) is 24.0 Å². The van der Waals surface area contributed by atoms with Crippen LogP contribution < -0.4 is 9.64 Å². The van der Waals surface area contributed by atoms with Gasteiger partial charge in [-0.3, -0.25) is 0 Å². The molecule has 4 rings (SSSR count). The van der Waals surface area contributed by atoms with Gasteiger partial charge in [-0.25, -0.2) is 9.50 Å². The normalized spacial score (nSPS) is 15.3. The Morgan fingerprint density at radius 2 is 1.94 bits per heavy atom. The Balaban J connectivity index is 1.68. The highest BCUT2D eigenvalue weighted by atomic mass is 16.5. The van der Waals surface area contributed by atoms with Gasteiger partial charge < -0.3 is 19.3 Å². The van der Waals surface area contributed by atoms with Gasteiger partial charge in [0.05, 0.1) is 29.1 Å². The molecule has 0 bridgehead atoms. The minimum Gasteiger partial charge on any atom is -0.489 e. The third-order valence-corrected chi connectivity index (χ3v) is 5.73. The van der Waals surface area contributed by atoms with Crippen molar-refractivity contribution in [2.75, 3.05) is 51.8 Å². The third-order valence-electron chi connectivity index (χ3n) is 5.73. The van der Waals surface area contributed by atoms with Crippen molar-refractivity contribution < 1.29 is 9.47 Å². The first-order valence-corrected chi connectivity index (χ1v) is 10.4. The summed E-state index contributed by atoms with van der Waals surface area (Å²) in [5, 5.41) is 13.9. The van der Waals surface area contributed by atoms with E-state index in [2.05, 4.69) is 28.0 Å². The molecule has 0 saturated carbocycles. The minimum absolute atomic E-state index is 0.390. The molecule has 0 aromatic carbocycles. The van der Waals surface area contributed by atoms with Crippen LogP contribution in [0.2, 0.25) is 0 Å². The van der Waals surface area contributed by atoms with Crippen LogP contribution >= 0.6 is 0 Å². The fraction of sp³-hybridized carbons (Fsp3) is 0.435. The summed E-state index contributed by atoms with van der Waals surface area (Å²) >= 11 is 0. The first-order valence-electron chi connectivity index (χ1n) is 10.4. The van der Waals surface area contributed by atoms with E-state index in [4.69, 9.17) is 14.5 Å². The molecule has 4 heterocycles. The van der Waals surface area contributed by atoms with E-state index in [0.717, 1.165) is 48.6 Å². The monoisotopic (exact) mass is 420 g/mol. The number of piperazine rings is 1. The van der Waals surface area contributed by atoms with Crippen molar-refractivity contribution in [3.8, 4) is 22.9 Å². The van der Waals surface area contributed by atoms with Crippen molar-refractivity contribution in [1.82, 2.24) is 19.5 Å². The SMILES string of the molecule is COC(C)(C)COc1cc(-c2ccc(N3CCN(C)CC3)nc2)c2c(C#N)cnn2c1. The van der Waals surface area contributed by atoms with Crippen LogP contribution in [0.15, 0.2) is 36.8 Å². The smallest absolute Gasteiger partial charge is 0.138 e. The number of nitriles is 1. The van der Waals surface area contributed by atoms with Gasteiger partial charge in [0, 0.05) is 50.6 Å². The molecule has 1 saturated heterocycles. The van der Waals surface area contributed by atoms with E-state index in [9.17, 15) is 5.26 Å². The summed E-state index contributed by atoms with van der Waals surface area (Å²) in [6.07, 6.45) is 5.23. The lowest BCUT2D eigenvalue weighted by atomic mass is 10.1. The molecule has 162 valence electrons. The summed E-state index contributed by atoms with van der Waals surface area (Å²) in [6.45, 7) is 8.32. The zero-order chi connectivity index (χ0) is 22.0. The number of rotatable bonds is 6. The molecule has 0 radical (unpaired) electrons. The van der Waals surface area contributed by atoms with E-state index in [1.165, 1.54) is 0 Å². The number of aromatic nitrogens is 3. The highest BCUT2D eigenvalue weighted by molar-refractivity contribution is 5.85. The Hall–Kier alpha value is -3.15. The molecule has 3 aromatic rings. The topological polar surface area (TPSA) is 78.9 Å². The maximum atomic E-state index is 9.57. The zero-order valence-corrected chi connectivity index (χ0v) is 18.5. The summed E-state index contributed by atoms with van der Waals surface area (Å²) in [7, 11) is 3.80. The van der Waals surface area contributed by atoms with Crippen LogP contribution in [0.25, 0.3) is 16.6 Å². The number of fused-ring (bicyclic) bond motifs is 1. The Kier molecular flexibility index (Phi) is 5.81. The molecule has 0 N–H and O–H groups in total. The summed E-state index contributed by atoms with van der Waals surface area (Å²) < 4.78 is 13.1. The molecular formula is C23H28N6O2. The number of pyridine rings is 2. The van der Waals surface area contributed by atoms with E-state index in [1.807, 2.05) is 38.2 Å². The highest BCUT2D eigenvalue weighted by Gasteiger charge is 2.20. The summed E-state index contributed by atoms with van der Waals surface area (Å²) in [4.78, 5) is 9.33. The van der Waals surface area contributed by atoms with Crippen molar-refractivity contribution in [3.63, 3.8) is 0 Å². The first kappa shape index (κ1) is 21.1. The van der Waals surface area contributed by atoms with Crippen LogP contribution in [0.5, 0.6) is 5.75 Å². The molecule has 3 aromatic heterocycles. The van der Waals surface area contributed by atoms with Gasteiger partial charge in [-0.05, 0) is 39.1 Å². The van der Waals surface area contributed by atoms with Crippen LogP contribution in [0, 0.1) is 11.3 Å². The summed E-state index contributed by atoms with van der Waals surface area (Å²) in [5.41, 5.74) is 2.62. The number of anilines is 1. The number of hydrogen-bond acceptors (Lipinski definition) is 7. The van der Waals surface area contributed by atoms with Gasteiger partial charge in [-0.1, -0.05) is 0 Å². The molecule has 31 heavy (non-hydrogen) atoms. The maximum Gasteiger partial charge on any atom is 0.138 e. The average molecular weight is 421 g/mol. The first-order chi connectivity index (χ1) is 14.9. The molecule has 1 fully saturated rings. The Labute approximate surface area is 182 Å². The van der Waals surface area contributed by atoms with E-state index < -0.39 is 5.60 Å². The largest absolute Gasteiger partial charge is 0.489 e.